The van der Waals surface area contributed by atoms with Gasteiger partial charge in [-0.25, -0.2) is 9.78 Å². The summed E-state index contributed by atoms with van der Waals surface area (Å²) in [7, 11) is 0. The van der Waals surface area contributed by atoms with Crippen molar-refractivity contribution in [3.8, 4) is 11.5 Å². The average molecular weight is 457 g/mol. The van der Waals surface area contributed by atoms with Crippen molar-refractivity contribution >= 4 is 40.7 Å². The van der Waals surface area contributed by atoms with Crippen LogP contribution >= 0.6 is 23.1 Å². The van der Waals surface area contributed by atoms with Gasteiger partial charge < -0.3 is 19.5 Å². The van der Waals surface area contributed by atoms with Gasteiger partial charge in [0.05, 0.1) is 16.3 Å². The number of thioether (sulfide) groups is 1. The maximum absolute atomic E-state index is 12.6. The topological polar surface area (TPSA) is 86.8 Å². The van der Waals surface area contributed by atoms with E-state index in [-0.39, 0.29) is 0 Å². The molecule has 0 saturated carbocycles. The molecule has 0 bridgehead atoms. The van der Waals surface area contributed by atoms with Crippen LogP contribution in [0.25, 0.3) is 0 Å². The van der Waals surface area contributed by atoms with E-state index in [2.05, 4.69) is 10.3 Å². The van der Waals surface area contributed by atoms with Crippen LogP contribution < -0.4 is 14.8 Å². The molecule has 0 radical (unpaired) electrons. The number of benzene rings is 2. The monoisotopic (exact) mass is 456 g/mol. The van der Waals surface area contributed by atoms with Crippen LogP contribution in [-0.4, -0.2) is 36.7 Å². The molecule has 2 aromatic carbocycles. The van der Waals surface area contributed by atoms with Crippen LogP contribution in [0.5, 0.6) is 11.5 Å². The number of hydrogen-bond acceptors (Lipinski definition) is 8. The summed E-state index contributed by atoms with van der Waals surface area (Å²) in [6, 6.07) is 12.3. The van der Waals surface area contributed by atoms with E-state index in [1.165, 1.54) is 11.8 Å². The molecule has 4 rings (SSSR count). The lowest BCUT2D eigenvalue weighted by Gasteiger charge is -2.19. The van der Waals surface area contributed by atoms with E-state index < -0.39 is 18.5 Å². The molecule has 3 aromatic rings. The third kappa shape index (κ3) is 5.56. The summed E-state index contributed by atoms with van der Waals surface area (Å²) in [5.74, 6) is 0.877. The number of ether oxygens (including phenoxy) is 3. The number of amides is 1. The number of carbonyl (C=O) groups excluding carboxylic acids is 2. The molecule has 0 unspecified atom stereocenters. The highest BCUT2D eigenvalue weighted by Crippen LogP contribution is 2.32. The number of rotatable bonds is 7. The second kappa shape index (κ2) is 9.84. The fourth-order valence-electron chi connectivity index (χ4n) is 2.91. The summed E-state index contributed by atoms with van der Waals surface area (Å²) in [6.45, 7) is 2.52. The summed E-state index contributed by atoms with van der Waals surface area (Å²) < 4.78 is 16.2. The minimum Gasteiger partial charge on any atom is -0.486 e. The van der Waals surface area contributed by atoms with E-state index in [4.69, 9.17) is 14.2 Å². The SMILES string of the molecule is Cc1nc(CSc2ccccc2C(=O)OCC(=O)Nc2ccc3c(c2)OCCO3)cs1. The quantitative estimate of drug-likeness (QED) is 0.419. The fraction of sp³-hybridized carbons (Fsp3) is 0.227. The highest BCUT2D eigenvalue weighted by molar-refractivity contribution is 7.98. The Labute approximate surface area is 187 Å². The van der Waals surface area contributed by atoms with Crippen molar-refractivity contribution in [3.05, 3.63) is 64.1 Å². The third-order valence-electron chi connectivity index (χ3n) is 4.31. The second-order valence-electron chi connectivity index (χ2n) is 6.63. The van der Waals surface area contributed by atoms with Gasteiger partial charge in [0.2, 0.25) is 0 Å². The van der Waals surface area contributed by atoms with Crippen molar-refractivity contribution in [1.29, 1.82) is 0 Å². The Balaban J connectivity index is 1.32. The van der Waals surface area contributed by atoms with Gasteiger partial charge in [0, 0.05) is 27.8 Å². The minimum atomic E-state index is -0.546. The Bertz CT molecular complexity index is 1100. The molecule has 0 atom stereocenters. The summed E-state index contributed by atoms with van der Waals surface area (Å²) in [6.07, 6.45) is 0. The molecular formula is C22H20N2O5S2. The maximum atomic E-state index is 12.6. The van der Waals surface area contributed by atoms with Crippen molar-refractivity contribution < 1.29 is 23.8 Å². The molecule has 1 N–H and O–H groups in total. The van der Waals surface area contributed by atoms with Crippen LogP contribution in [0.15, 0.2) is 52.7 Å². The number of hydrogen-bond donors (Lipinski definition) is 1. The van der Waals surface area contributed by atoms with Crippen LogP contribution in [0.1, 0.15) is 21.1 Å². The van der Waals surface area contributed by atoms with Gasteiger partial charge in [-0.3, -0.25) is 4.79 Å². The fourth-order valence-corrected chi connectivity index (χ4v) is 4.57. The largest absolute Gasteiger partial charge is 0.486 e. The lowest BCUT2D eigenvalue weighted by atomic mass is 10.2. The van der Waals surface area contributed by atoms with Crippen LogP contribution in [-0.2, 0) is 15.3 Å². The van der Waals surface area contributed by atoms with Gasteiger partial charge in [-0.15, -0.1) is 23.1 Å². The molecule has 2 heterocycles. The molecule has 160 valence electrons. The van der Waals surface area contributed by atoms with Crippen molar-refractivity contribution in [1.82, 2.24) is 4.98 Å². The number of aryl methyl sites for hydroxylation is 1. The zero-order chi connectivity index (χ0) is 21.6. The lowest BCUT2D eigenvalue weighted by Crippen LogP contribution is -2.21. The highest BCUT2D eigenvalue weighted by Gasteiger charge is 2.16. The zero-order valence-electron chi connectivity index (χ0n) is 16.8. The first-order valence-corrected chi connectivity index (χ1v) is 11.4. The van der Waals surface area contributed by atoms with Gasteiger partial charge in [-0.2, -0.15) is 0 Å². The molecule has 9 heteroatoms. The summed E-state index contributed by atoms with van der Waals surface area (Å²) in [5.41, 5.74) is 1.93. The molecule has 7 nitrogen and oxygen atoms in total. The molecule has 0 spiro atoms. The Kier molecular flexibility index (Phi) is 6.73. The number of thiazole rings is 1. The predicted octanol–water partition coefficient (Wildman–Crippen LogP) is 4.31. The van der Waals surface area contributed by atoms with Crippen LogP contribution in [0.3, 0.4) is 0 Å². The van der Waals surface area contributed by atoms with Crippen molar-refractivity contribution in [2.75, 3.05) is 25.1 Å². The van der Waals surface area contributed by atoms with Crippen LogP contribution in [0.4, 0.5) is 5.69 Å². The van der Waals surface area contributed by atoms with E-state index in [1.807, 2.05) is 24.4 Å². The average Bonchev–Trinajstić information content (AvgIpc) is 3.21. The lowest BCUT2D eigenvalue weighted by molar-refractivity contribution is -0.119. The number of aromatic nitrogens is 1. The van der Waals surface area contributed by atoms with Crippen molar-refractivity contribution in [2.45, 2.75) is 17.6 Å². The van der Waals surface area contributed by atoms with E-state index >= 15 is 0 Å². The normalized spacial score (nSPS) is 12.3. The molecule has 31 heavy (non-hydrogen) atoms. The summed E-state index contributed by atoms with van der Waals surface area (Å²) in [4.78, 5) is 30.0. The third-order valence-corrected chi connectivity index (χ3v) is 6.24. The molecular weight excluding hydrogens is 436 g/mol. The van der Waals surface area contributed by atoms with E-state index in [9.17, 15) is 9.59 Å². The predicted molar refractivity (Wildman–Crippen MR) is 119 cm³/mol. The molecule has 0 aliphatic carbocycles. The van der Waals surface area contributed by atoms with Crippen molar-refractivity contribution in [3.63, 3.8) is 0 Å². The molecule has 1 aliphatic rings. The van der Waals surface area contributed by atoms with Crippen LogP contribution in [0, 0.1) is 6.92 Å². The number of nitrogens with one attached hydrogen (secondary N) is 1. The van der Waals surface area contributed by atoms with Gasteiger partial charge in [-0.1, -0.05) is 12.1 Å². The Hall–Kier alpha value is -3.04. The first kappa shape index (κ1) is 21.2. The van der Waals surface area contributed by atoms with Gasteiger partial charge in [-0.05, 0) is 31.2 Å². The zero-order valence-corrected chi connectivity index (χ0v) is 18.4. The number of carbonyl (C=O) groups is 2. The standard InChI is InChI=1S/C22H20N2O5S2/c1-14-23-16(12-30-14)13-31-20-5-3-2-4-17(20)22(26)29-11-21(25)24-15-6-7-18-19(10-15)28-9-8-27-18/h2-7,10,12H,8-9,11,13H2,1H3,(H,24,25). The Morgan fingerprint density at radius 2 is 1.97 bits per heavy atom. The van der Waals surface area contributed by atoms with E-state index in [0.29, 0.717) is 41.7 Å². The first-order chi connectivity index (χ1) is 15.1. The Morgan fingerprint density at radius 3 is 2.77 bits per heavy atom. The van der Waals surface area contributed by atoms with E-state index in [0.717, 1.165) is 15.6 Å². The molecule has 1 aliphatic heterocycles. The summed E-state index contributed by atoms with van der Waals surface area (Å²) in [5, 5.41) is 5.71. The van der Waals surface area contributed by atoms with Crippen LogP contribution in [0.2, 0.25) is 0 Å². The molecule has 1 aromatic heterocycles. The van der Waals surface area contributed by atoms with Gasteiger partial charge in [0.15, 0.2) is 18.1 Å². The highest BCUT2D eigenvalue weighted by atomic mass is 32.2. The Morgan fingerprint density at radius 1 is 1.16 bits per heavy atom. The van der Waals surface area contributed by atoms with Gasteiger partial charge in [0.1, 0.15) is 13.2 Å². The first-order valence-electron chi connectivity index (χ1n) is 9.58. The number of nitrogens with zero attached hydrogens (tertiary/aromatic N) is 1. The maximum Gasteiger partial charge on any atom is 0.339 e. The molecule has 0 fully saturated rings. The van der Waals surface area contributed by atoms with E-state index in [1.54, 1.807) is 41.7 Å². The second-order valence-corrected chi connectivity index (χ2v) is 8.70. The molecule has 1 amide bonds. The molecule has 0 saturated heterocycles. The smallest absolute Gasteiger partial charge is 0.339 e. The number of fused-ring (bicyclic) bond motifs is 1. The number of esters is 1. The van der Waals surface area contributed by atoms with Crippen molar-refractivity contribution in [2.24, 2.45) is 0 Å². The van der Waals surface area contributed by atoms with Gasteiger partial charge >= 0.3 is 5.97 Å². The summed E-state index contributed by atoms with van der Waals surface area (Å²) >= 11 is 3.10. The number of anilines is 1. The van der Waals surface area contributed by atoms with Gasteiger partial charge in [0.25, 0.3) is 5.91 Å². The minimum absolute atomic E-state index is 0.391.